The van der Waals surface area contributed by atoms with Crippen molar-refractivity contribution >= 4 is 0 Å². The number of rotatable bonds is 4. The lowest BCUT2D eigenvalue weighted by Gasteiger charge is -2.28. The second-order valence-electron chi connectivity index (χ2n) is 6.24. The molecule has 4 saturated heterocycles. The largest absolute Gasteiger partial charge is 0.378 e. The summed E-state index contributed by atoms with van der Waals surface area (Å²) in [5, 5.41) is 0. The van der Waals surface area contributed by atoms with Gasteiger partial charge in [0, 0.05) is 11.8 Å². The molecule has 0 spiro atoms. The first-order valence-electron chi connectivity index (χ1n) is 6.90. The van der Waals surface area contributed by atoms with E-state index in [1.807, 2.05) is 0 Å². The van der Waals surface area contributed by atoms with Crippen LogP contribution in [0.4, 0.5) is 0 Å². The van der Waals surface area contributed by atoms with E-state index in [9.17, 15) is 0 Å². The van der Waals surface area contributed by atoms with Crippen LogP contribution < -0.4 is 0 Å². The molecule has 0 aromatic rings. The molecule has 0 aromatic carbocycles. The van der Waals surface area contributed by atoms with E-state index < -0.39 is 0 Å². The molecular weight excluding hydrogens is 220 g/mol. The fourth-order valence-electron chi connectivity index (χ4n) is 4.37. The molecule has 0 amide bonds. The lowest BCUT2D eigenvalue weighted by atomic mass is 9.75. The molecule has 4 aliphatic heterocycles. The highest BCUT2D eigenvalue weighted by Crippen LogP contribution is 2.60. The third kappa shape index (κ3) is 1.38. The minimum absolute atomic E-state index is 0.384. The zero-order chi connectivity index (χ0) is 11.0. The maximum atomic E-state index is 6.13. The van der Waals surface area contributed by atoms with Gasteiger partial charge in [0.05, 0.1) is 44.2 Å². The summed E-state index contributed by atoms with van der Waals surface area (Å²) >= 11 is 0. The summed E-state index contributed by atoms with van der Waals surface area (Å²) in [5.74, 6) is 2.11. The molecule has 0 aromatic heterocycles. The molecule has 0 radical (unpaired) electrons. The molecule has 17 heavy (non-hydrogen) atoms. The van der Waals surface area contributed by atoms with Crippen LogP contribution in [-0.2, 0) is 18.9 Å². The van der Waals surface area contributed by atoms with Crippen molar-refractivity contribution in [1.29, 1.82) is 0 Å². The SMILES string of the molecule is C(OCC1CC2OC1C1CC3OC3C21)C1CO1. The Morgan fingerprint density at radius 3 is 2.76 bits per heavy atom. The topological polar surface area (TPSA) is 43.5 Å². The average Bonchev–Trinajstić information content (AvgIpc) is 3.18. The summed E-state index contributed by atoms with van der Waals surface area (Å²) in [6.07, 6.45) is 4.86. The fourth-order valence-corrected chi connectivity index (χ4v) is 4.37. The lowest BCUT2D eigenvalue weighted by Crippen LogP contribution is -2.35. The first-order chi connectivity index (χ1) is 8.40. The van der Waals surface area contributed by atoms with Crippen molar-refractivity contribution in [3.63, 3.8) is 0 Å². The number of fused-ring (bicyclic) bond motifs is 7. The number of epoxide rings is 2. The van der Waals surface area contributed by atoms with Crippen LogP contribution in [0.3, 0.4) is 0 Å². The van der Waals surface area contributed by atoms with Crippen molar-refractivity contribution in [1.82, 2.24) is 0 Å². The van der Waals surface area contributed by atoms with Crippen molar-refractivity contribution in [2.75, 3.05) is 19.8 Å². The van der Waals surface area contributed by atoms with Crippen molar-refractivity contribution < 1.29 is 18.9 Å². The Kier molecular flexibility index (Phi) is 1.85. The third-order valence-corrected chi connectivity index (χ3v) is 5.22. The highest BCUT2D eigenvalue weighted by atomic mass is 16.6. The third-order valence-electron chi connectivity index (χ3n) is 5.22. The Morgan fingerprint density at radius 2 is 1.88 bits per heavy atom. The first kappa shape index (κ1) is 9.73. The number of ether oxygens (including phenoxy) is 4. The minimum Gasteiger partial charge on any atom is -0.378 e. The lowest BCUT2D eigenvalue weighted by molar-refractivity contribution is 0.0281. The zero-order valence-corrected chi connectivity index (χ0v) is 9.79. The summed E-state index contributed by atoms with van der Waals surface area (Å²) in [5.41, 5.74) is 0. The quantitative estimate of drug-likeness (QED) is 0.672. The molecule has 4 heteroatoms. The van der Waals surface area contributed by atoms with Gasteiger partial charge in [-0.25, -0.2) is 0 Å². The van der Waals surface area contributed by atoms with Gasteiger partial charge in [-0.1, -0.05) is 0 Å². The predicted octanol–water partition coefficient (Wildman–Crippen LogP) is 0.593. The predicted molar refractivity (Wildman–Crippen MR) is 57.6 cm³/mol. The van der Waals surface area contributed by atoms with Crippen LogP contribution in [0.25, 0.3) is 0 Å². The van der Waals surface area contributed by atoms with Gasteiger partial charge >= 0.3 is 0 Å². The van der Waals surface area contributed by atoms with E-state index in [0.29, 0.717) is 42.4 Å². The molecule has 1 aliphatic carbocycles. The van der Waals surface area contributed by atoms with Gasteiger partial charge in [-0.15, -0.1) is 0 Å². The molecule has 94 valence electrons. The van der Waals surface area contributed by atoms with E-state index in [4.69, 9.17) is 18.9 Å². The van der Waals surface area contributed by atoms with Crippen molar-refractivity contribution in [3.05, 3.63) is 0 Å². The molecular formula is C13H18O4. The smallest absolute Gasteiger partial charge is 0.104 e. The van der Waals surface area contributed by atoms with Crippen LogP contribution in [0, 0.1) is 17.8 Å². The van der Waals surface area contributed by atoms with Gasteiger partial charge in [-0.05, 0) is 18.8 Å². The highest BCUT2D eigenvalue weighted by molar-refractivity contribution is 5.14. The Balaban J connectivity index is 1.23. The van der Waals surface area contributed by atoms with Gasteiger partial charge in [0.25, 0.3) is 0 Å². The first-order valence-corrected chi connectivity index (χ1v) is 6.90. The van der Waals surface area contributed by atoms with Gasteiger partial charge in [-0.3, -0.25) is 0 Å². The molecule has 5 aliphatic rings. The normalized spacial score (nSPS) is 61.4. The summed E-state index contributed by atoms with van der Waals surface area (Å²) in [6, 6.07) is 0. The molecule has 2 bridgehead atoms. The van der Waals surface area contributed by atoms with Gasteiger partial charge in [0.2, 0.25) is 0 Å². The van der Waals surface area contributed by atoms with Crippen LogP contribution in [-0.4, -0.2) is 50.3 Å². The molecule has 0 N–H and O–H groups in total. The molecule has 8 atom stereocenters. The molecule has 4 heterocycles. The standard InChI is InChI=1S/C13H18O4/c1-6(3-14-4-7-5-15-7)12-8-2-10-13(17-10)11(8)9(1)16-12/h6-13H,1-5H2. The highest BCUT2D eigenvalue weighted by Gasteiger charge is 2.67. The maximum absolute atomic E-state index is 6.13. The minimum atomic E-state index is 0.384. The zero-order valence-electron chi connectivity index (χ0n) is 9.79. The van der Waals surface area contributed by atoms with Crippen molar-refractivity contribution in [2.24, 2.45) is 17.8 Å². The van der Waals surface area contributed by atoms with E-state index in [1.54, 1.807) is 0 Å². The van der Waals surface area contributed by atoms with E-state index in [-0.39, 0.29) is 0 Å². The average molecular weight is 238 g/mol. The number of hydrogen-bond acceptors (Lipinski definition) is 4. The van der Waals surface area contributed by atoms with Crippen molar-refractivity contribution in [2.45, 2.75) is 43.4 Å². The van der Waals surface area contributed by atoms with Crippen molar-refractivity contribution in [3.8, 4) is 0 Å². The van der Waals surface area contributed by atoms with Crippen LogP contribution in [0.5, 0.6) is 0 Å². The molecule has 1 saturated carbocycles. The van der Waals surface area contributed by atoms with Gasteiger partial charge in [0.1, 0.15) is 6.10 Å². The van der Waals surface area contributed by atoms with E-state index >= 15 is 0 Å². The van der Waals surface area contributed by atoms with Crippen LogP contribution in [0.15, 0.2) is 0 Å². The van der Waals surface area contributed by atoms with Crippen LogP contribution in [0.1, 0.15) is 12.8 Å². The van der Waals surface area contributed by atoms with Crippen LogP contribution in [0.2, 0.25) is 0 Å². The van der Waals surface area contributed by atoms with Gasteiger partial charge in [0.15, 0.2) is 0 Å². The Morgan fingerprint density at radius 1 is 1.00 bits per heavy atom. The van der Waals surface area contributed by atoms with E-state index in [0.717, 1.165) is 25.7 Å². The van der Waals surface area contributed by atoms with Crippen LogP contribution >= 0.6 is 0 Å². The second kappa shape index (κ2) is 3.23. The monoisotopic (exact) mass is 238 g/mol. The fraction of sp³-hybridized carbons (Fsp3) is 1.00. The maximum Gasteiger partial charge on any atom is 0.104 e. The Labute approximate surface area is 101 Å². The molecule has 4 nitrogen and oxygen atoms in total. The van der Waals surface area contributed by atoms with Gasteiger partial charge < -0.3 is 18.9 Å². The molecule has 8 unspecified atom stereocenters. The van der Waals surface area contributed by atoms with E-state index in [2.05, 4.69) is 0 Å². The molecule has 5 fully saturated rings. The summed E-state index contributed by atoms with van der Waals surface area (Å²) in [6.45, 7) is 2.52. The van der Waals surface area contributed by atoms with Gasteiger partial charge in [-0.2, -0.15) is 0 Å². The summed E-state index contributed by atoms with van der Waals surface area (Å²) in [7, 11) is 0. The Bertz CT molecular complexity index is 342. The number of hydrogen-bond donors (Lipinski definition) is 0. The van der Waals surface area contributed by atoms with E-state index in [1.165, 1.54) is 12.8 Å². The Hall–Kier alpha value is -0.160. The second-order valence-corrected chi connectivity index (χ2v) is 6.24. The molecule has 5 rings (SSSR count). The summed E-state index contributed by atoms with van der Waals surface area (Å²) in [4.78, 5) is 0. The summed E-state index contributed by atoms with van der Waals surface area (Å²) < 4.78 is 22.7.